The Hall–Kier alpha value is -0.640. The average Bonchev–Trinajstić information content (AvgIpc) is 2.48. The normalized spacial score (nSPS) is 26.8. The van der Waals surface area contributed by atoms with Gasteiger partial charge in [0, 0.05) is 12.6 Å². The highest BCUT2D eigenvalue weighted by atomic mass is 32.1. The summed E-state index contributed by atoms with van der Waals surface area (Å²) in [6, 6.07) is 0.208. The number of hydrogen-bond acceptors (Lipinski definition) is 1. The van der Waals surface area contributed by atoms with Gasteiger partial charge in [-0.3, -0.25) is 0 Å². The summed E-state index contributed by atoms with van der Waals surface area (Å²) in [7, 11) is 0. The Morgan fingerprint density at radius 1 is 1.62 bits per heavy atom. The molecule has 2 unspecified atom stereocenters. The van der Waals surface area contributed by atoms with Gasteiger partial charge >= 0.3 is 0 Å². The second-order valence-electron chi connectivity index (χ2n) is 3.25. The van der Waals surface area contributed by atoms with Crippen LogP contribution in [0.5, 0.6) is 0 Å². The smallest absolute Gasteiger partial charge is 0.166 e. The topological polar surface area (TPSA) is 24.1 Å². The van der Waals surface area contributed by atoms with Crippen molar-refractivity contribution in [3.8, 4) is 0 Å². The fraction of sp³-hybridized carbons (Fsp3) is 0.667. The first-order chi connectivity index (χ1) is 6.22. The fourth-order valence-electron chi connectivity index (χ4n) is 1.46. The van der Waals surface area contributed by atoms with Gasteiger partial charge in [-0.05, 0) is 31.5 Å². The van der Waals surface area contributed by atoms with E-state index in [-0.39, 0.29) is 6.04 Å². The van der Waals surface area contributed by atoms with Crippen molar-refractivity contribution in [3.63, 3.8) is 0 Å². The van der Waals surface area contributed by atoms with E-state index in [1.165, 1.54) is 0 Å². The average molecular weight is 202 g/mol. The number of alkyl halides is 1. The van der Waals surface area contributed by atoms with Crippen LogP contribution in [0.25, 0.3) is 0 Å². The summed E-state index contributed by atoms with van der Waals surface area (Å²) >= 11 is 5.00. The summed E-state index contributed by atoms with van der Waals surface area (Å²) in [5.41, 5.74) is 0. The standard InChI is InChI=1S/C9H15FN2S/c1-2-5-11-9(13)12-8-4-3-7(10)6-8/h2,7-8H,1,3-6H2,(H2,11,12,13). The molecule has 0 aromatic rings. The molecule has 13 heavy (non-hydrogen) atoms. The van der Waals surface area contributed by atoms with Crippen LogP contribution in [-0.2, 0) is 0 Å². The van der Waals surface area contributed by atoms with E-state index >= 15 is 0 Å². The van der Waals surface area contributed by atoms with E-state index in [9.17, 15) is 4.39 Å². The molecule has 0 aliphatic heterocycles. The van der Waals surface area contributed by atoms with Gasteiger partial charge in [0.05, 0.1) is 0 Å². The molecule has 2 N–H and O–H groups in total. The van der Waals surface area contributed by atoms with E-state index in [2.05, 4.69) is 17.2 Å². The molecule has 0 amide bonds. The SMILES string of the molecule is C=CCNC(=S)NC1CCC(F)C1. The van der Waals surface area contributed by atoms with Crippen molar-refractivity contribution in [2.24, 2.45) is 0 Å². The molecule has 1 fully saturated rings. The molecule has 0 radical (unpaired) electrons. The highest BCUT2D eigenvalue weighted by molar-refractivity contribution is 7.80. The van der Waals surface area contributed by atoms with Crippen LogP contribution in [0.4, 0.5) is 4.39 Å². The minimum atomic E-state index is -0.653. The largest absolute Gasteiger partial charge is 0.360 e. The van der Waals surface area contributed by atoms with Gasteiger partial charge in [-0.25, -0.2) is 4.39 Å². The molecular weight excluding hydrogens is 187 g/mol. The molecule has 2 nitrogen and oxygen atoms in total. The predicted octanol–water partition coefficient (Wildman–Crippen LogP) is 1.53. The Morgan fingerprint density at radius 3 is 2.92 bits per heavy atom. The first-order valence-electron chi connectivity index (χ1n) is 4.51. The lowest BCUT2D eigenvalue weighted by atomic mass is 10.2. The Kier molecular flexibility index (Phi) is 4.15. The third-order valence-electron chi connectivity index (χ3n) is 2.11. The van der Waals surface area contributed by atoms with E-state index in [0.717, 1.165) is 6.42 Å². The van der Waals surface area contributed by atoms with E-state index < -0.39 is 6.17 Å². The predicted molar refractivity (Wildman–Crippen MR) is 56.5 cm³/mol. The molecular formula is C9H15FN2S. The van der Waals surface area contributed by atoms with Crippen molar-refractivity contribution in [2.45, 2.75) is 31.5 Å². The van der Waals surface area contributed by atoms with Gasteiger partial charge in [0.1, 0.15) is 6.17 Å². The van der Waals surface area contributed by atoms with Crippen LogP contribution in [0.1, 0.15) is 19.3 Å². The summed E-state index contributed by atoms with van der Waals surface area (Å²) in [5.74, 6) is 0. The lowest BCUT2D eigenvalue weighted by Gasteiger charge is -2.14. The highest BCUT2D eigenvalue weighted by Crippen LogP contribution is 2.21. The monoisotopic (exact) mass is 202 g/mol. The summed E-state index contributed by atoms with van der Waals surface area (Å²) in [6.07, 6.45) is 3.19. The van der Waals surface area contributed by atoms with Gasteiger partial charge < -0.3 is 10.6 Å². The van der Waals surface area contributed by atoms with Crippen molar-refractivity contribution in [3.05, 3.63) is 12.7 Å². The van der Waals surface area contributed by atoms with E-state index in [1.807, 2.05) is 0 Å². The molecule has 1 aliphatic carbocycles. The molecule has 1 rings (SSSR count). The first-order valence-corrected chi connectivity index (χ1v) is 4.92. The molecule has 0 spiro atoms. The molecule has 1 aliphatic rings. The van der Waals surface area contributed by atoms with Crippen LogP contribution in [-0.4, -0.2) is 23.9 Å². The number of nitrogens with one attached hydrogen (secondary N) is 2. The zero-order valence-electron chi connectivity index (χ0n) is 7.55. The van der Waals surface area contributed by atoms with Crippen LogP contribution in [0.2, 0.25) is 0 Å². The van der Waals surface area contributed by atoms with Crippen LogP contribution < -0.4 is 10.6 Å². The second kappa shape index (κ2) is 5.17. The van der Waals surface area contributed by atoms with Gasteiger partial charge in [0.2, 0.25) is 0 Å². The molecule has 0 bridgehead atoms. The summed E-state index contributed by atoms with van der Waals surface area (Å²) in [6.45, 7) is 4.22. The lowest BCUT2D eigenvalue weighted by molar-refractivity contribution is 0.337. The van der Waals surface area contributed by atoms with Gasteiger partial charge in [-0.2, -0.15) is 0 Å². The van der Waals surface area contributed by atoms with Crippen molar-refractivity contribution in [2.75, 3.05) is 6.54 Å². The Bertz CT molecular complexity index is 196. The fourth-order valence-corrected chi connectivity index (χ4v) is 1.71. The number of thiocarbonyl (C=S) groups is 1. The summed E-state index contributed by atoms with van der Waals surface area (Å²) in [4.78, 5) is 0. The molecule has 1 saturated carbocycles. The van der Waals surface area contributed by atoms with Gasteiger partial charge in [0.25, 0.3) is 0 Å². The third kappa shape index (κ3) is 3.72. The Labute approximate surface area is 83.6 Å². The van der Waals surface area contributed by atoms with E-state index in [0.29, 0.717) is 24.5 Å². The van der Waals surface area contributed by atoms with Crippen molar-refractivity contribution in [1.29, 1.82) is 0 Å². The third-order valence-corrected chi connectivity index (χ3v) is 2.37. The van der Waals surface area contributed by atoms with E-state index in [1.54, 1.807) is 6.08 Å². The first kappa shape index (κ1) is 10.4. The zero-order valence-corrected chi connectivity index (χ0v) is 8.37. The zero-order chi connectivity index (χ0) is 9.68. The maximum absolute atomic E-state index is 12.8. The maximum atomic E-state index is 12.8. The van der Waals surface area contributed by atoms with E-state index in [4.69, 9.17) is 12.2 Å². The molecule has 0 saturated heterocycles. The van der Waals surface area contributed by atoms with Crippen LogP contribution >= 0.6 is 12.2 Å². The molecule has 0 heterocycles. The minimum absolute atomic E-state index is 0.208. The van der Waals surface area contributed by atoms with Gasteiger partial charge in [-0.1, -0.05) is 6.08 Å². The van der Waals surface area contributed by atoms with Crippen molar-refractivity contribution >= 4 is 17.3 Å². The number of halogens is 1. The summed E-state index contributed by atoms with van der Waals surface area (Å²) < 4.78 is 12.8. The van der Waals surface area contributed by atoms with Crippen molar-refractivity contribution in [1.82, 2.24) is 10.6 Å². The Balaban J connectivity index is 2.16. The number of hydrogen-bond donors (Lipinski definition) is 2. The summed E-state index contributed by atoms with van der Waals surface area (Å²) in [5, 5.41) is 6.63. The molecule has 4 heteroatoms. The van der Waals surface area contributed by atoms with Gasteiger partial charge in [0.15, 0.2) is 5.11 Å². The molecule has 74 valence electrons. The molecule has 0 aromatic carbocycles. The second-order valence-corrected chi connectivity index (χ2v) is 3.66. The van der Waals surface area contributed by atoms with Crippen LogP contribution in [0.3, 0.4) is 0 Å². The van der Waals surface area contributed by atoms with Crippen LogP contribution in [0, 0.1) is 0 Å². The number of rotatable bonds is 3. The van der Waals surface area contributed by atoms with Crippen LogP contribution in [0.15, 0.2) is 12.7 Å². The molecule has 0 aromatic heterocycles. The van der Waals surface area contributed by atoms with Gasteiger partial charge in [-0.15, -0.1) is 6.58 Å². The minimum Gasteiger partial charge on any atom is -0.360 e. The van der Waals surface area contributed by atoms with Crippen molar-refractivity contribution < 1.29 is 4.39 Å². The highest BCUT2D eigenvalue weighted by Gasteiger charge is 2.24. The Morgan fingerprint density at radius 2 is 2.38 bits per heavy atom. The quantitative estimate of drug-likeness (QED) is 0.536. The molecule has 2 atom stereocenters. The lowest BCUT2D eigenvalue weighted by Crippen LogP contribution is -2.40. The maximum Gasteiger partial charge on any atom is 0.166 e.